The Kier molecular flexibility index (Phi) is 3.30. The molecule has 1 rings (SSSR count). The molecule has 0 atom stereocenters. The summed E-state index contributed by atoms with van der Waals surface area (Å²) in [6, 6.07) is 6.94. The first kappa shape index (κ1) is 11.9. The summed E-state index contributed by atoms with van der Waals surface area (Å²) in [6.45, 7) is 6.24. The summed E-state index contributed by atoms with van der Waals surface area (Å²) in [5.74, 6) is -0.655. The van der Waals surface area contributed by atoms with Gasteiger partial charge in [-0.3, -0.25) is 9.59 Å². The standard InChI is InChI=1S/C12H13ClO2/c1-12(2,3)9-6-4-8(5-7-9)10(14)11(13)15/h4-7H,1-3H3. The van der Waals surface area contributed by atoms with Crippen LogP contribution in [0, 0.1) is 0 Å². The van der Waals surface area contributed by atoms with E-state index in [1.54, 1.807) is 12.1 Å². The molecule has 0 aliphatic rings. The second-order valence-electron chi connectivity index (χ2n) is 4.43. The minimum absolute atomic E-state index is 0.0343. The summed E-state index contributed by atoms with van der Waals surface area (Å²) < 4.78 is 0. The molecule has 0 aromatic heterocycles. The number of Topliss-reactive ketones (excluding diaryl/α,β-unsaturated/α-hetero) is 1. The van der Waals surface area contributed by atoms with Crippen molar-refractivity contribution in [3.05, 3.63) is 35.4 Å². The molecule has 0 radical (unpaired) electrons. The molecule has 0 N–H and O–H groups in total. The van der Waals surface area contributed by atoms with E-state index in [1.165, 1.54) is 0 Å². The highest BCUT2D eigenvalue weighted by Gasteiger charge is 2.16. The molecule has 0 saturated carbocycles. The van der Waals surface area contributed by atoms with Crippen molar-refractivity contribution in [3.63, 3.8) is 0 Å². The Morgan fingerprint density at radius 1 is 1.07 bits per heavy atom. The maximum Gasteiger partial charge on any atom is 0.293 e. The van der Waals surface area contributed by atoms with E-state index < -0.39 is 11.0 Å². The monoisotopic (exact) mass is 224 g/mol. The number of carbonyl (C=O) groups excluding carboxylic acids is 2. The lowest BCUT2D eigenvalue weighted by Gasteiger charge is -2.18. The predicted molar refractivity (Wildman–Crippen MR) is 60.3 cm³/mol. The molecule has 0 aliphatic carbocycles. The summed E-state index contributed by atoms with van der Waals surface area (Å²) in [4.78, 5) is 21.9. The van der Waals surface area contributed by atoms with E-state index in [4.69, 9.17) is 11.6 Å². The highest BCUT2D eigenvalue weighted by Crippen LogP contribution is 2.22. The van der Waals surface area contributed by atoms with Gasteiger partial charge in [-0.25, -0.2) is 0 Å². The second-order valence-corrected chi connectivity index (χ2v) is 4.77. The van der Waals surface area contributed by atoms with Crippen molar-refractivity contribution < 1.29 is 9.59 Å². The van der Waals surface area contributed by atoms with E-state index in [1.807, 2.05) is 12.1 Å². The number of carbonyl (C=O) groups is 2. The third kappa shape index (κ3) is 2.90. The summed E-state index contributed by atoms with van der Waals surface area (Å²) in [6.07, 6.45) is 0. The summed E-state index contributed by atoms with van der Waals surface area (Å²) in [5.41, 5.74) is 1.48. The first-order valence-electron chi connectivity index (χ1n) is 4.67. The van der Waals surface area contributed by atoms with Gasteiger partial charge in [0.05, 0.1) is 0 Å². The van der Waals surface area contributed by atoms with Crippen LogP contribution in [0.3, 0.4) is 0 Å². The van der Waals surface area contributed by atoms with E-state index >= 15 is 0 Å². The van der Waals surface area contributed by atoms with Gasteiger partial charge >= 0.3 is 0 Å². The Bertz CT molecular complexity index is 385. The molecular formula is C12H13ClO2. The predicted octanol–water partition coefficient (Wildman–Crippen LogP) is 2.93. The van der Waals surface area contributed by atoms with Crippen LogP contribution >= 0.6 is 11.6 Å². The molecule has 1 aromatic rings. The van der Waals surface area contributed by atoms with Gasteiger partial charge in [0.25, 0.3) is 5.24 Å². The van der Waals surface area contributed by atoms with Gasteiger partial charge in [0.15, 0.2) is 0 Å². The average molecular weight is 225 g/mol. The molecule has 0 amide bonds. The fourth-order valence-corrected chi connectivity index (χ4v) is 1.34. The zero-order chi connectivity index (χ0) is 11.6. The Morgan fingerprint density at radius 3 is 1.87 bits per heavy atom. The van der Waals surface area contributed by atoms with Gasteiger partial charge in [-0.15, -0.1) is 0 Å². The fourth-order valence-electron chi connectivity index (χ4n) is 1.24. The van der Waals surface area contributed by atoms with Crippen LogP contribution in [0.5, 0.6) is 0 Å². The maximum absolute atomic E-state index is 11.2. The van der Waals surface area contributed by atoms with E-state index in [2.05, 4.69) is 20.8 Å². The Hall–Kier alpha value is -1.15. The van der Waals surface area contributed by atoms with Crippen molar-refractivity contribution in [3.8, 4) is 0 Å². The Labute approximate surface area is 94.2 Å². The molecule has 0 spiro atoms. The minimum Gasteiger partial charge on any atom is -0.284 e. The van der Waals surface area contributed by atoms with Gasteiger partial charge in [-0.1, -0.05) is 45.0 Å². The van der Waals surface area contributed by atoms with Gasteiger partial charge in [0.1, 0.15) is 0 Å². The lowest BCUT2D eigenvalue weighted by molar-refractivity contribution is -0.108. The summed E-state index contributed by atoms with van der Waals surface area (Å²) >= 11 is 5.10. The van der Waals surface area contributed by atoms with Crippen LogP contribution in [0.1, 0.15) is 36.7 Å². The first-order chi connectivity index (χ1) is 6.82. The third-order valence-electron chi connectivity index (χ3n) is 2.19. The molecule has 2 nitrogen and oxygen atoms in total. The molecule has 15 heavy (non-hydrogen) atoms. The first-order valence-corrected chi connectivity index (χ1v) is 5.05. The smallest absolute Gasteiger partial charge is 0.284 e. The van der Waals surface area contributed by atoms with Crippen LogP contribution in [0.25, 0.3) is 0 Å². The Morgan fingerprint density at radius 2 is 1.53 bits per heavy atom. The largest absolute Gasteiger partial charge is 0.293 e. The molecule has 0 bridgehead atoms. The van der Waals surface area contributed by atoms with Gasteiger partial charge in [-0.05, 0) is 22.6 Å². The molecule has 0 unspecified atom stereocenters. The van der Waals surface area contributed by atoms with Crippen molar-refractivity contribution in [2.24, 2.45) is 0 Å². The quantitative estimate of drug-likeness (QED) is 0.440. The number of ketones is 1. The van der Waals surface area contributed by atoms with Crippen molar-refractivity contribution in [1.82, 2.24) is 0 Å². The zero-order valence-corrected chi connectivity index (χ0v) is 9.76. The zero-order valence-electron chi connectivity index (χ0n) is 9.00. The summed E-state index contributed by atoms with van der Waals surface area (Å²) in [7, 11) is 0. The van der Waals surface area contributed by atoms with Gasteiger partial charge in [0.2, 0.25) is 5.78 Å². The van der Waals surface area contributed by atoms with Crippen LogP contribution < -0.4 is 0 Å². The van der Waals surface area contributed by atoms with Crippen LogP contribution in [0.2, 0.25) is 0 Å². The topological polar surface area (TPSA) is 34.1 Å². The normalized spacial score (nSPS) is 11.2. The molecule has 0 fully saturated rings. The van der Waals surface area contributed by atoms with E-state index in [0.29, 0.717) is 5.56 Å². The van der Waals surface area contributed by atoms with E-state index in [0.717, 1.165) is 5.56 Å². The Balaban J connectivity index is 3.01. The number of halogens is 1. The second kappa shape index (κ2) is 4.15. The number of rotatable bonds is 2. The minimum atomic E-state index is -0.946. The lowest BCUT2D eigenvalue weighted by Crippen LogP contribution is -2.12. The fraction of sp³-hybridized carbons (Fsp3) is 0.333. The average Bonchev–Trinajstić information content (AvgIpc) is 2.15. The van der Waals surface area contributed by atoms with Gasteiger partial charge in [-0.2, -0.15) is 0 Å². The highest BCUT2D eigenvalue weighted by atomic mass is 35.5. The lowest BCUT2D eigenvalue weighted by atomic mass is 9.86. The molecule has 3 heteroatoms. The molecule has 0 saturated heterocycles. The number of benzene rings is 1. The van der Waals surface area contributed by atoms with Crippen molar-refractivity contribution in [1.29, 1.82) is 0 Å². The van der Waals surface area contributed by atoms with E-state index in [-0.39, 0.29) is 5.41 Å². The maximum atomic E-state index is 11.2. The van der Waals surface area contributed by atoms with Gasteiger partial charge in [0, 0.05) is 5.56 Å². The van der Waals surface area contributed by atoms with Crippen molar-refractivity contribution >= 4 is 22.6 Å². The molecule has 0 aliphatic heterocycles. The van der Waals surface area contributed by atoms with Crippen molar-refractivity contribution in [2.45, 2.75) is 26.2 Å². The van der Waals surface area contributed by atoms with Crippen molar-refractivity contribution in [2.75, 3.05) is 0 Å². The van der Waals surface area contributed by atoms with E-state index in [9.17, 15) is 9.59 Å². The van der Waals surface area contributed by atoms with Crippen LogP contribution in [0.4, 0.5) is 0 Å². The summed E-state index contributed by atoms with van der Waals surface area (Å²) in [5, 5.41) is -0.946. The van der Waals surface area contributed by atoms with Gasteiger partial charge < -0.3 is 0 Å². The molecule has 1 aromatic carbocycles. The SMILES string of the molecule is CC(C)(C)c1ccc(C(=O)C(=O)Cl)cc1. The number of hydrogen-bond donors (Lipinski definition) is 0. The molecule has 80 valence electrons. The molecular weight excluding hydrogens is 212 g/mol. The highest BCUT2D eigenvalue weighted by molar-refractivity contribution is 6.83. The number of hydrogen-bond acceptors (Lipinski definition) is 2. The third-order valence-corrected chi connectivity index (χ3v) is 2.36. The van der Waals surface area contributed by atoms with Crippen LogP contribution in [-0.4, -0.2) is 11.0 Å². The molecule has 0 heterocycles. The van der Waals surface area contributed by atoms with Crippen LogP contribution in [-0.2, 0) is 10.2 Å². The van der Waals surface area contributed by atoms with Crippen LogP contribution in [0.15, 0.2) is 24.3 Å².